The van der Waals surface area contributed by atoms with E-state index in [1.165, 1.54) is 6.08 Å². The van der Waals surface area contributed by atoms with E-state index in [1.807, 2.05) is 32.9 Å². The maximum atomic E-state index is 12.5. The zero-order chi connectivity index (χ0) is 21.7. The summed E-state index contributed by atoms with van der Waals surface area (Å²) in [5.74, 6) is 0.508. The van der Waals surface area contributed by atoms with Gasteiger partial charge in [-0.15, -0.1) is 0 Å². The van der Waals surface area contributed by atoms with Crippen LogP contribution in [0.4, 0.5) is 0 Å². The van der Waals surface area contributed by atoms with E-state index in [-0.39, 0.29) is 12.4 Å². The Morgan fingerprint density at radius 3 is 2.60 bits per heavy atom. The maximum absolute atomic E-state index is 12.5. The molecule has 1 aliphatic carbocycles. The average Bonchev–Trinajstić information content (AvgIpc) is 3.53. The second-order valence-corrected chi connectivity index (χ2v) is 7.51. The van der Waals surface area contributed by atoms with Gasteiger partial charge in [-0.2, -0.15) is 0 Å². The monoisotopic (exact) mass is 411 g/mol. The van der Waals surface area contributed by atoms with Crippen LogP contribution in [-0.4, -0.2) is 36.6 Å². The van der Waals surface area contributed by atoms with Gasteiger partial charge in [0.1, 0.15) is 0 Å². The molecule has 0 saturated heterocycles. The van der Waals surface area contributed by atoms with Crippen molar-refractivity contribution in [1.29, 1.82) is 0 Å². The summed E-state index contributed by atoms with van der Waals surface area (Å²) in [5.41, 5.74) is 3.42. The zero-order valence-electron chi connectivity index (χ0n) is 18.1. The van der Waals surface area contributed by atoms with Gasteiger partial charge >= 0.3 is 5.97 Å². The van der Waals surface area contributed by atoms with Gasteiger partial charge in [-0.1, -0.05) is 13.0 Å². The van der Waals surface area contributed by atoms with Crippen LogP contribution in [0.2, 0.25) is 0 Å². The molecule has 1 fully saturated rings. The number of ketones is 1. The van der Waals surface area contributed by atoms with E-state index in [2.05, 4.69) is 4.57 Å². The van der Waals surface area contributed by atoms with Crippen molar-refractivity contribution in [3.05, 3.63) is 52.9 Å². The number of aromatic nitrogens is 1. The molecule has 0 radical (unpaired) electrons. The maximum Gasteiger partial charge on any atom is 0.331 e. The fourth-order valence-electron chi connectivity index (χ4n) is 3.50. The van der Waals surface area contributed by atoms with Crippen molar-refractivity contribution in [3.63, 3.8) is 0 Å². The Morgan fingerprint density at radius 1 is 1.17 bits per heavy atom. The van der Waals surface area contributed by atoms with Crippen LogP contribution in [0.1, 0.15) is 59.5 Å². The quantitative estimate of drug-likeness (QED) is 0.323. The second-order valence-electron chi connectivity index (χ2n) is 7.51. The lowest BCUT2D eigenvalue weighted by Gasteiger charge is -2.10. The molecule has 160 valence electrons. The molecule has 1 aromatic heterocycles. The van der Waals surface area contributed by atoms with E-state index >= 15 is 0 Å². The van der Waals surface area contributed by atoms with Crippen molar-refractivity contribution in [2.75, 3.05) is 20.3 Å². The Morgan fingerprint density at radius 2 is 1.93 bits per heavy atom. The number of carbonyl (C=O) groups is 2. The molecule has 30 heavy (non-hydrogen) atoms. The predicted molar refractivity (Wildman–Crippen MR) is 115 cm³/mol. The Balaban J connectivity index is 1.57. The summed E-state index contributed by atoms with van der Waals surface area (Å²) >= 11 is 0. The number of Topliss-reactive ketones (excluding diaryl/α,β-unsaturated/α-hetero) is 1. The van der Waals surface area contributed by atoms with Crippen LogP contribution in [0.15, 0.2) is 30.3 Å². The molecule has 0 atom stereocenters. The summed E-state index contributed by atoms with van der Waals surface area (Å²) in [6.45, 7) is 6.32. The van der Waals surface area contributed by atoms with E-state index in [0.717, 1.165) is 36.2 Å². The van der Waals surface area contributed by atoms with Crippen LogP contribution in [0.25, 0.3) is 6.08 Å². The van der Waals surface area contributed by atoms with Crippen LogP contribution in [0.5, 0.6) is 11.5 Å². The lowest BCUT2D eigenvalue weighted by Crippen LogP contribution is -2.13. The van der Waals surface area contributed by atoms with Gasteiger partial charge in [0.05, 0.1) is 13.7 Å². The molecular formula is C24H29NO5. The molecule has 1 saturated carbocycles. The van der Waals surface area contributed by atoms with Gasteiger partial charge in [0.15, 0.2) is 18.1 Å². The number of methoxy groups -OCH3 is 1. The number of hydrogen-bond acceptors (Lipinski definition) is 5. The van der Waals surface area contributed by atoms with Crippen molar-refractivity contribution < 1.29 is 23.8 Å². The molecule has 0 amide bonds. The standard InChI is InChI=1S/C24H29NO5/c1-5-12-29-22-10-6-18(14-23(22)28-4)7-11-24(27)30-15-21(26)20-13-16(2)25(17(20)3)19-8-9-19/h6-7,10-11,13-14,19H,5,8-9,12,15H2,1-4H3/b11-7+. The first-order chi connectivity index (χ1) is 14.4. The first-order valence-electron chi connectivity index (χ1n) is 10.3. The normalized spacial score (nSPS) is 13.5. The molecule has 0 bridgehead atoms. The number of carbonyl (C=O) groups excluding carboxylic acids is 2. The summed E-state index contributed by atoms with van der Waals surface area (Å²) in [6.07, 6.45) is 6.14. The number of hydrogen-bond donors (Lipinski definition) is 0. The topological polar surface area (TPSA) is 66.8 Å². The highest BCUT2D eigenvalue weighted by Gasteiger charge is 2.28. The van der Waals surface area contributed by atoms with Gasteiger partial charge in [-0.25, -0.2) is 4.79 Å². The average molecular weight is 411 g/mol. The Labute approximate surface area is 177 Å². The fourth-order valence-corrected chi connectivity index (χ4v) is 3.50. The Kier molecular flexibility index (Phi) is 6.98. The molecule has 0 aliphatic heterocycles. The molecular weight excluding hydrogens is 382 g/mol. The third kappa shape index (κ3) is 5.12. The molecule has 0 spiro atoms. The number of ether oxygens (including phenoxy) is 3. The van der Waals surface area contributed by atoms with Crippen molar-refractivity contribution >= 4 is 17.8 Å². The molecule has 1 aromatic carbocycles. The molecule has 3 rings (SSSR count). The smallest absolute Gasteiger partial charge is 0.331 e. The van der Waals surface area contributed by atoms with Gasteiger partial charge in [0.25, 0.3) is 0 Å². The summed E-state index contributed by atoms with van der Waals surface area (Å²) in [7, 11) is 1.57. The van der Waals surface area contributed by atoms with Gasteiger partial charge < -0.3 is 18.8 Å². The lowest BCUT2D eigenvalue weighted by molar-refractivity contribution is -0.136. The van der Waals surface area contributed by atoms with Crippen LogP contribution >= 0.6 is 0 Å². The van der Waals surface area contributed by atoms with Gasteiger partial charge in [0.2, 0.25) is 5.78 Å². The molecule has 2 aromatic rings. The van der Waals surface area contributed by atoms with Crippen molar-refractivity contribution in [3.8, 4) is 11.5 Å². The number of benzene rings is 1. The van der Waals surface area contributed by atoms with Crippen molar-refractivity contribution in [2.24, 2.45) is 0 Å². The highest BCUT2D eigenvalue weighted by atomic mass is 16.5. The third-order valence-corrected chi connectivity index (χ3v) is 5.10. The first-order valence-corrected chi connectivity index (χ1v) is 10.3. The highest BCUT2D eigenvalue weighted by Crippen LogP contribution is 2.38. The Bertz CT molecular complexity index is 953. The SMILES string of the molecule is CCCOc1ccc(/C=C/C(=O)OCC(=O)c2cc(C)n(C3CC3)c2C)cc1OC. The minimum absolute atomic E-state index is 0.184. The summed E-state index contributed by atoms with van der Waals surface area (Å²) < 4.78 is 18.3. The van der Waals surface area contributed by atoms with E-state index in [4.69, 9.17) is 14.2 Å². The van der Waals surface area contributed by atoms with Gasteiger partial charge in [0, 0.05) is 29.1 Å². The molecule has 6 heteroatoms. The van der Waals surface area contributed by atoms with Gasteiger partial charge in [-0.05, 0) is 62.9 Å². The molecule has 1 aliphatic rings. The largest absolute Gasteiger partial charge is 0.493 e. The van der Waals surface area contributed by atoms with E-state index in [0.29, 0.717) is 29.7 Å². The molecule has 0 unspecified atom stereocenters. The third-order valence-electron chi connectivity index (χ3n) is 5.10. The van der Waals surface area contributed by atoms with E-state index in [9.17, 15) is 9.59 Å². The minimum atomic E-state index is -0.565. The number of aryl methyl sites for hydroxylation is 1. The lowest BCUT2D eigenvalue weighted by atomic mass is 10.1. The van der Waals surface area contributed by atoms with E-state index < -0.39 is 5.97 Å². The van der Waals surface area contributed by atoms with Crippen LogP contribution in [0, 0.1) is 13.8 Å². The van der Waals surface area contributed by atoms with Crippen LogP contribution in [-0.2, 0) is 9.53 Å². The summed E-state index contributed by atoms with van der Waals surface area (Å²) in [4.78, 5) is 24.6. The number of rotatable bonds is 10. The molecule has 6 nitrogen and oxygen atoms in total. The molecule has 0 N–H and O–H groups in total. The fraction of sp³-hybridized carbons (Fsp3) is 0.417. The first kappa shape index (κ1) is 21.7. The Hall–Kier alpha value is -3.02. The number of nitrogens with zero attached hydrogens (tertiary/aromatic N) is 1. The van der Waals surface area contributed by atoms with E-state index in [1.54, 1.807) is 25.3 Å². The highest BCUT2D eigenvalue weighted by molar-refractivity contribution is 6.00. The number of esters is 1. The summed E-state index contributed by atoms with van der Waals surface area (Å²) in [6, 6.07) is 7.81. The molecule has 1 heterocycles. The predicted octanol–water partition coefficient (Wildman–Crippen LogP) is 4.68. The van der Waals surface area contributed by atoms with Crippen molar-refractivity contribution in [1.82, 2.24) is 4.57 Å². The van der Waals surface area contributed by atoms with Crippen LogP contribution in [0.3, 0.4) is 0 Å². The minimum Gasteiger partial charge on any atom is -0.493 e. The second kappa shape index (κ2) is 9.65. The van der Waals surface area contributed by atoms with Crippen molar-refractivity contribution in [2.45, 2.75) is 46.1 Å². The van der Waals surface area contributed by atoms with Gasteiger partial charge in [-0.3, -0.25) is 4.79 Å². The van der Waals surface area contributed by atoms with Crippen LogP contribution < -0.4 is 9.47 Å². The zero-order valence-corrected chi connectivity index (χ0v) is 18.1. The summed E-state index contributed by atoms with van der Waals surface area (Å²) in [5, 5.41) is 0.